The van der Waals surface area contributed by atoms with Crippen LogP contribution >= 0.6 is 15.9 Å². The van der Waals surface area contributed by atoms with Crippen LogP contribution in [-0.2, 0) is 4.79 Å². The minimum atomic E-state index is -0.502. The Hall–Kier alpha value is -2.34. The quantitative estimate of drug-likeness (QED) is 0.346. The molecule has 0 saturated heterocycles. The summed E-state index contributed by atoms with van der Waals surface area (Å²) in [7, 11) is 1.58. The van der Waals surface area contributed by atoms with Gasteiger partial charge in [-0.1, -0.05) is 48.2 Å². The third-order valence-electron chi connectivity index (χ3n) is 4.06. The van der Waals surface area contributed by atoms with Crippen LogP contribution in [0.3, 0.4) is 0 Å². The average molecular weight is 450 g/mol. The number of rotatable bonds is 10. The van der Waals surface area contributed by atoms with E-state index in [-0.39, 0.29) is 5.69 Å². The van der Waals surface area contributed by atoms with Gasteiger partial charge in [-0.3, -0.25) is 4.79 Å². The van der Waals surface area contributed by atoms with Crippen LogP contribution < -0.4 is 14.8 Å². The number of hydrogen-bond acceptors (Lipinski definition) is 3. The van der Waals surface area contributed by atoms with E-state index >= 15 is 0 Å². The Morgan fingerprint density at radius 3 is 2.68 bits per heavy atom. The molecule has 0 aliphatic heterocycles. The largest absolute Gasteiger partial charge is 0.493 e. The Bertz CT molecular complexity index is 823. The zero-order valence-corrected chi connectivity index (χ0v) is 17.7. The summed E-state index contributed by atoms with van der Waals surface area (Å²) in [6.45, 7) is 2.82. The van der Waals surface area contributed by atoms with Gasteiger partial charge in [0, 0.05) is 10.5 Å². The third kappa shape index (κ3) is 7.00. The lowest BCUT2D eigenvalue weighted by molar-refractivity contribution is -0.111. The Morgan fingerprint density at radius 2 is 1.96 bits per heavy atom. The van der Waals surface area contributed by atoms with Gasteiger partial charge < -0.3 is 14.8 Å². The first kappa shape index (κ1) is 22.0. The Balaban J connectivity index is 1.96. The van der Waals surface area contributed by atoms with Gasteiger partial charge in [-0.15, -0.1) is 0 Å². The smallest absolute Gasteiger partial charge is 0.248 e. The number of methoxy groups -OCH3 is 1. The van der Waals surface area contributed by atoms with Crippen molar-refractivity contribution in [2.24, 2.45) is 0 Å². The second-order valence-electron chi connectivity index (χ2n) is 6.27. The van der Waals surface area contributed by atoms with Crippen LogP contribution in [0.15, 0.2) is 46.9 Å². The summed E-state index contributed by atoms with van der Waals surface area (Å²) in [5.41, 5.74) is 0.906. The molecule has 0 aromatic heterocycles. The summed E-state index contributed by atoms with van der Waals surface area (Å²) < 4.78 is 25.6. The number of nitrogens with one attached hydrogen (secondary N) is 1. The van der Waals surface area contributed by atoms with Crippen LogP contribution in [0.4, 0.5) is 10.1 Å². The summed E-state index contributed by atoms with van der Waals surface area (Å²) in [5.74, 6) is 0.365. The highest BCUT2D eigenvalue weighted by atomic mass is 79.9. The van der Waals surface area contributed by atoms with Crippen LogP contribution in [0, 0.1) is 5.82 Å². The van der Waals surface area contributed by atoms with Crippen LogP contribution in [0.25, 0.3) is 6.08 Å². The highest BCUT2D eigenvalue weighted by molar-refractivity contribution is 9.10. The van der Waals surface area contributed by atoms with E-state index in [4.69, 9.17) is 9.47 Å². The first-order valence-corrected chi connectivity index (χ1v) is 10.1. The molecule has 0 fully saturated rings. The lowest BCUT2D eigenvalue weighted by Gasteiger charge is -2.11. The van der Waals surface area contributed by atoms with E-state index in [0.29, 0.717) is 22.6 Å². The molecule has 2 aromatic rings. The van der Waals surface area contributed by atoms with E-state index in [1.807, 2.05) is 12.1 Å². The van der Waals surface area contributed by atoms with E-state index in [2.05, 4.69) is 28.2 Å². The first-order chi connectivity index (χ1) is 13.5. The molecule has 0 bridgehead atoms. The monoisotopic (exact) mass is 449 g/mol. The van der Waals surface area contributed by atoms with Crippen LogP contribution in [0.2, 0.25) is 0 Å². The predicted octanol–water partition coefficient (Wildman–Crippen LogP) is 6.21. The van der Waals surface area contributed by atoms with E-state index in [0.717, 1.165) is 18.4 Å². The lowest BCUT2D eigenvalue weighted by atomic mass is 10.2. The summed E-state index contributed by atoms with van der Waals surface area (Å²) in [6.07, 6.45) is 7.53. The fourth-order valence-electron chi connectivity index (χ4n) is 2.56. The predicted molar refractivity (Wildman–Crippen MR) is 114 cm³/mol. The summed E-state index contributed by atoms with van der Waals surface area (Å²) >= 11 is 3.18. The molecule has 0 saturated carbocycles. The van der Waals surface area contributed by atoms with Crippen molar-refractivity contribution in [1.29, 1.82) is 0 Å². The number of carbonyl (C=O) groups excluding carboxylic acids is 1. The molecule has 6 heteroatoms. The molecule has 4 nitrogen and oxygen atoms in total. The fraction of sp³-hybridized carbons (Fsp3) is 0.318. The van der Waals surface area contributed by atoms with Crippen LogP contribution in [-0.4, -0.2) is 19.6 Å². The molecule has 2 aromatic carbocycles. The van der Waals surface area contributed by atoms with Crippen molar-refractivity contribution in [3.63, 3.8) is 0 Å². The van der Waals surface area contributed by atoms with Gasteiger partial charge in [-0.2, -0.15) is 0 Å². The Morgan fingerprint density at radius 1 is 1.14 bits per heavy atom. The molecule has 0 aliphatic carbocycles. The molecule has 0 heterocycles. The molecule has 150 valence electrons. The van der Waals surface area contributed by atoms with E-state index < -0.39 is 11.7 Å². The number of carbonyl (C=O) groups is 1. The highest BCUT2D eigenvalue weighted by Crippen LogP contribution is 2.29. The number of halogens is 2. The molecule has 1 amide bonds. The second kappa shape index (κ2) is 11.5. The van der Waals surface area contributed by atoms with Crippen LogP contribution in [0.1, 0.15) is 38.2 Å². The fourth-order valence-corrected chi connectivity index (χ4v) is 2.89. The molecule has 0 radical (unpaired) electrons. The van der Waals surface area contributed by atoms with Gasteiger partial charge in [0.05, 0.1) is 19.4 Å². The summed E-state index contributed by atoms with van der Waals surface area (Å²) in [5, 5.41) is 2.51. The number of unbranched alkanes of at least 4 members (excludes halogenated alkanes) is 3. The molecule has 28 heavy (non-hydrogen) atoms. The van der Waals surface area contributed by atoms with E-state index in [9.17, 15) is 9.18 Å². The van der Waals surface area contributed by atoms with Crippen molar-refractivity contribution >= 4 is 33.6 Å². The van der Waals surface area contributed by atoms with Crippen LogP contribution in [0.5, 0.6) is 11.5 Å². The summed E-state index contributed by atoms with van der Waals surface area (Å²) in [6, 6.07) is 9.92. The first-order valence-electron chi connectivity index (χ1n) is 9.28. The number of benzene rings is 2. The van der Waals surface area contributed by atoms with Crippen molar-refractivity contribution < 1.29 is 18.7 Å². The van der Waals surface area contributed by atoms with Gasteiger partial charge in [0.15, 0.2) is 11.5 Å². The molecule has 0 unspecified atom stereocenters. The zero-order chi connectivity index (χ0) is 20.4. The maximum absolute atomic E-state index is 13.8. The normalized spacial score (nSPS) is 10.9. The van der Waals surface area contributed by atoms with Crippen molar-refractivity contribution in [3.05, 3.63) is 58.3 Å². The maximum Gasteiger partial charge on any atom is 0.248 e. The second-order valence-corrected chi connectivity index (χ2v) is 7.18. The van der Waals surface area contributed by atoms with Crippen molar-refractivity contribution in [2.75, 3.05) is 19.0 Å². The topological polar surface area (TPSA) is 47.6 Å². The molecule has 1 N–H and O–H groups in total. The number of ether oxygens (including phenoxy) is 2. The minimum absolute atomic E-state index is 0.127. The van der Waals surface area contributed by atoms with Crippen molar-refractivity contribution in [2.45, 2.75) is 32.6 Å². The van der Waals surface area contributed by atoms with Gasteiger partial charge in [-0.25, -0.2) is 4.39 Å². The van der Waals surface area contributed by atoms with Gasteiger partial charge >= 0.3 is 0 Å². The number of hydrogen-bond donors (Lipinski definition) is 1. The van der Waals surface area contributed by atoms with Crippen molar-refractivity contribution in [1.82, 2.24) is 0 Å². The molecule has 0 atom stereocenters. The van der Waals surface area contributed by atoms with Gasteiger partial charge in [0.1, 0.15) is 5.82 Å². The lowest BCUT2D eigenvalue weighted by Crippen LogP contribution is -2.09. The molecule has 2 rings (SSSR count). The summed E-state index contributed by atoms with van der Waals surface area (Å²) in [4.78, 5) is 12.0. The SMILES string of the molecule is CCCCCCOc1ccc(/C=C/C(=O)Nc2ccc(Br)cc2F)cc1OC. The highest BCUT2D eigenvalue weighted by Gasteiger charge is 2.07. The van der Waals surface area contributed by atoms with Gasteiger partial charge in [-0.05, 0) is 48.4 Å². The van der Waals surface area contributed by atoms with Crippen molar-refractivity contribution in [3.8, 4) is 11.5 Å². The van der Waals surface area contributed by atoms with E-state index in [1.165, 1.54) is 31.1 Å². The zero-order valence-electron chi connectivity index (χ0n) is 16.1. The Labute approximate surface area is 173 Å². The average Bonchev–Trinajstić information content (AvgIpc) is 2.69. The maximum atomic E-state index is 13.8. The standard InChI is InChI=1S/C22H25BrFNO3/c1-3-4-5-6-13-28-20-11-7-16(14-21(20)27-2)8-12-22(26)25-19-10-9-17(23)15-18(19)24/h7-12,14-15H,3-6,13H2,1-2H3,(H,25,26)/b12-8+. The number of anilines is 1. The van der Waals surface area contributed by atoms with Gasteiger partial charge in [0.2, 0.25) is 5.91 Å². The van der Waals surface area contributed by atoms with E-state index in [1.54, 1.807) is 25.3 Å². The molecular weight excluding hydrogens is 425 g/mol. The third-order valence-corrected chi connectivity index (χ3v) is 4.55. The number of amides is 1. The van der Waals surface area contributed by atoms with Gasteiger partial charge in [0.25, 0.3) is 0 Å². The molecule has 0 aliphatic rings. The molecular formula is C22H25BrFNO3. The minimum Gasteiger partial charge on any atom is -0.493 e. The Kier molecular flexibility index (Phi) is 9.01. The molecule has 0 spiro atoms.